The Balaban J connectivity index is 1.48. The molecule has 0 radical (unpaired) electrons. The molecule has 10 heteroatoms. The fourth-order valence-corrected chi connectivity index (χ4v) is 5.23. The van der Waals surface area contributed by atoms with E-state index in [0.717, 1.165) is 37.7 Å². The van der Waals surface area contributed by atoms with Crippen molar-refractivity contribution in [2.45, 2.75) is 50.0 Å². The highest BCUT2D eigenvalue weighted by atomic mass is 35.5. The largest absolute Gasteiger partial charge is 0.483 e. The lowest BCUT2D eigenvalue weighted by Gasteiger charge is -2.22. The summed E-state index contributed by atoms with van der Waals surface area (Å²) in [5, 5.41) is 6.07. The van der Waals surface area contributed by atoms with Crippen LogP contribution in [0.1, 0.15) is 37.7 Å². The molecule has 172 valence electrons. The quantitative estimate of drug-likeness (QED) is 0.499. The molecule has 0 saturated heterocycles. The zero-order chi connectivity index (χ0) is 23.1. The molecule has 1 saturated carbocycles. The normalized spacial score (nSPS) is 14.6. The molecule has 0 aliphatic heterocycles. The van der Waals surface area contributed by atoms with E-state index in [1.165, 1.54) is 12.1 Å². The topological polar surface area (TPSA) is 96.5 Å². The van der Waals surface area contributed by atoms with Crippen LogP contribution in [0.2, 0.25) is 5.02 Å². The summed E-state index contributed by atoms with van der Waals surface area (Å²) in [5.74, 6) is 0.134. The number of ether oxygens (including phenoxy) is 1. The van der Waals surface area contributed by atoms with Crippen LogP contribution in [0.25, 0.3) is 0 Å². The number of benzene rings is 2. The van der Waals surface area contributed by atoms with E-state index in [0.29, 0.717) is 16.5 Å². The van der Waals surface area contributed by atoms with Crippen LogP contribution in [-0.4, -0.2) is 32.1 Å². The molecular weight excluding hydrogens is 470 g/mol. The molecule has 0 spiro atoms. The maximum atomic E-state index is 12.6. The van der Waals surface area contributed by atoms with Crippen LogP contribution in [0.4, 0.5) is 5.69 Å². The van der Waals surface area contributed by atoms with Crippen molar-refractivity contribution in [3.05, 3.63) is 53.1 Å². The van der Waals surface area contributed by atoms with Gasteiger partial charge < -0.3 is 10.1 Å². The van der Waals surface area contributed by atoms with Crippen LogP contribution >= 0.6 is 23.8 Å². The number of sulfonamides is 1. The van der Waals surface area contributed by atoms with Crippen molar-refractivity contribution in [2.75, 3.05) is 11.9 Å². The van der Waals surface area contributed by atoms with Crippen LogP contribution < -0.4 is 20.1 Å². The Hall–Kier alpha value is -2.20. The lowest BCUT2D eigenvalue weighted by Crippen LogP contribution is -2.37. The molecular formula is C22H26ClN3O4S2. The third-order valence-corrected chi connectivity index (χ3v) is 7.07. The van der Waals surface area contributed by atoms with Gasteiger partial charge in [0.05, 0.1) is 4.90 Å². The monoisotopic (exact) mass is 495 g/mol. The fraction of sp³-hybridized carbons (Fsp3) is 0.364. The van der Waals surface area contributed by atoms with Crippen LogP contribution in [0.5, 0.6) is 5.75 Å². The van der Waals surface area contributed by atoms with Crippen LogP contribution in [0, 0.1) is 6.92 Å². The minimum atomic E-state index is -3.57. The predicted octanol–water partition coefficient (Wildman–Crippen LogP) is 4.15. The minimum absolute atomic E-state index is 0.00628. The predicted molar refractivity (Wildman–Crippen MR) is 130 cm³/mol. The number of anilines is 1. The van der Waals surface area contributed by atoms with Crippen molar-refractivity contribution in [1.29, 1.82) is 0 Å². The summed E-state index contributed by atoms with van der Waals surface area (Å²) in [7, 11) is -3.57. The third kappa shape index (κ3) is 7.16. The molecule has 32 heavy (non-hydrogen) atoms. The molecule has 1 fully saturated rings. The zero-order valence-electron chi connectivity index (χ0n) is 17.7. The second-order valence-corrected chi connectivity index (χ2v) is 10.2. The van der Waals surface area contributed by atoms with E-state index < -0.39 is 15.9 Å². The van der Waals surface area contributed by atoms with Crippen molar-refractivity contribution in [1.82, 2.24) is 10.0 Å². The molecule has 1 aliphatic carbocycles. The maximum absolute atomic E-state index is 12.6. The van der Waals surface area contributed by atoms with Gasteiger partial charge in [0.1, 0.15) is 5.75 Å². The lowest BCUT2D eigenvalue weighted by molar-refractivity contribution is -0.121. The van der Waals surface area contributed by atoms with E-state index in [9.17, 15) is 13.2 Å². The average molecular weight is 496 g/mol. The highest BCUT2D eigenvalue weighted by Crippen LogP contribution is 2.22. The molecule has 3 N–H and O–H groups in total. The van der Waals surface area contributed by atoms with Gasteiger partial charge in [0, 0.05) is 16.8 Å². The standard InChI is InChI=1S/C22H26ClN3O4S2/c1-15-13-16(23)7-12-20(15)30-14-21(27)25-22(31)24-17-8-10-19(11-9-17)32(28,29)26-18-5-3-2-4-6-18/h7-13,18,26H,2-6,14H2,1H3,(H2,24,25,27,31). The maximum Gasteiger partial charge on any atom is 0.264 e. The van der Waals surface area contributed by atoms with Crippen molar-refractivity contribution >= 4 is 50.5 Å². The van der Waals surface area contributed by atoms with E-state index in [1.54, 1.807) is 30.3 Å². The molecule has 0 bridgehead atoms. The van der Waals surface area contributed by atoms with Gasteiger partial charge in [-0.15, -0.1) is 0 Å². The summed E-state index contributed by atoms with van der Waals surface area (Å²) in [4.78, 5) is 12.3. The summed E-state index contributed by atoms with van der Waals surface area (Å²) in [6, 6.07) is 11.3. The number of amides is 1. The SMILES string of the molecule is Cc1cc(Cl)ccc1OCC(=O)NC(=S)Nc1ccc(S(=O)(=O)NC2CCCCC2)cc1. The van der Waals surface area contributed by atoms with Gasteiger partial charge in [0.2, 0.25) is 10.0 Å². The van der Waals surface area contributed by atoms with Gasteiger partial charge in [-0.1, -0.05) is 30.9 Å². The van der Waals surface area contributed by atoms with E-state index in [4.69, 9.17) is 28.6 Å². The van der Waals surface area contributed by atoms with Gasteiger partial charge in [-0.25, -0.2) is 13.1 Å². The van der Waals surface area contributed by atoms with Crippen LogP contribution in [0.3, 0.4) is 0 Å². The Bertz CT molecular complexity index is 1070. The number of nitrogens with one attached hydrogen (secondary N) is 3. The molecule has 0 heterocycles. The van der Waals surface area contributed by atoms with Crippen molar-refractivity contribution in [2.24, 2.45) is 0 Å². The zero-order valence-corrected chi connectivity index (χ0v) is 20.1. The second kappa shape index (κ2) is 11.1. The smallest absolute Gasteiger partial charge is 0.264 e. The highest BCUT2D eigenvalue weighted by Gasteiger charge is 2.21. The van der Waals surface area contributed by atoms with Crippen LogP contribution in [0.15, 0.2) is 47.4 Å². The number of thiocarbonyl (C=S) groups is 1. The summed E-state index contributed by atoms with van der Waals surface area (Å²) in [5.41, 5.74) is 1.38. The van der Waals surface area contributed by atoms with Gasteiger partial charge in [-0.05, 0) is 80.0 Å². The minimum Gasteiger partial charge on any atom is -0.483 e. The first-order valence-electron chi connectivity index (χ1n) is 10.3. The first-order chi connectivity index (χ1) is 15.2. The molecule has 0 unspecified atom stereocenters. The number of halogens is 1. The molecule has 3 rings (SSSR count). The number of aryl methyl sites for hydroxylation is 1. The van der Waals surface area contributed by atoms with Gasteiger partial charge in [-0.3, -0.25) is 10.1 Å². The van der Waals surface area contributed by atoms with E-state index >= 15 is 0 Å². The van der Waals surface area contributed by atoms with E-state index in [2.05, 4.69) is 15.4 Å². The van der Waals surface area contributed by atoms with Gasteiger partial charge in [0.15, 0.2) is 11.7 Å². The molecule has 1 aliphatic rings. The summed E-state index contributed by atoms with van der Waals surface area (Å²) in [6.07, 6.45) is 4.98. The molecule has 0 atom stereocenters. The Morgan fingerprint density at radius 3 is 2.47 bits per heavy atom. The Morgan fingerprint density at radius 2 is 1.81 bits per heavy atom. The molecule has 1 amide bonds. The molecule has 0 aromatic heterocycles. The Morgan fingerprint density at radius 1 is 1.12 bits per heavy atom. The number of rotatable bonds is 7. The van der Waals surface area contributed by atoms with Crippen molar-refractivity contribution in [3.8, 4) is 5.75 Å². The first kappa shape index (κ1) is 24.4. The first-order valence-corrected chi connectivity index (χ1v) is 12.6. The molecule has 7 nitrogen and oxygen atoms in total. The van der Waals surface area contributed by atoms with E-state index in [-0.39, 0.29) is 22.7 Å². The van der Waals surface area contributed by atoms with Gasteiger partial charge >= 0.3 is 0 Å². The van der Waals surface area contributed by atoms with E-state index in [1.807, 2.05) is 6.92 Å². The number of hydrogen-bond acceptors (Lipinski definition) is 5. The fourth-order valence-electron chi connectivity index (χ4n) is 3.47. The highest BCUT2D eigenvalue weighted by molar-refractivity contribution is 7.89. The van der Waals surface area contributed by atoms with Crippen molar-refractivity contribution in [3.63, 3.8) is 0 Å². The van der Waals surface area contributed by atoms with Crippen LogP contribution in [-0.2, 0) is 14.8 Å². The Labute approximate surface area is 198 Å². The average Bonchev–Trinajstić information content (AvgIpc) is 2.74. The van der Waals surface area contributed by atoms with Crippen molar-refractivity contribution < 1.29 is 17.9 Å². The van der Waals surface area contributed by atoms with Gasteiger partial charge in [-0.2, -0.15) is 0 Å². The summed E-state index contributed by atoms with van der Waals surface area (Å²) in [6.45, 7) is 1.62. The third-order valence-electron chi connectivity index (χ3n) is 5.10. The Kier molecular flexibility index (Phi) is 8.47. The van der Waals surface area contributed by atoms with Gasteiger partial charge in [0.25, 0.3) is 5.91 Å². The summed E-state index contributed by atoms with van der Waals surface area (Å²) >= 11 is 11.1. The number of hydrogen-bond donors (Lipinski definition) is 3. The number of carbonyl (C=O) groups is 1. The molecule has 2 aromatic rings. The second-order valence-electron chi connectivity index (χ2n) is 7.68. The number of carbonyl (C=O) groups excluding carboxylic acids is 1. The molecule has 2 aromatic carbocycles. The lowest BCUT2D eigenvalue weighted by atomic mass is 9.96. The summed E-state index contributed by atoms with van der Waals surface area (Å²) < 4.78 is 33.4.